The molecule has 0 bridgehead atoms. The van der Waals surface area contributed by atoms with Crippen LogP contribution in [-0.4, -0.2) is 38.9 Å². The number of rotatable bonds is 10. The molecule has 0 aliphatic heterocycles. The molecule has 5 heteroatoms. The summed E-state index contributed by atoms with van der Waals surface area (Å²) < 4.78 is 12.1. The van der Waals surface area contributed by atoms with Crippen molar-refractivity contribution in [2.45, 2.75) is 19.9 Å². The van der Waals surface area contributed by atoms with Crippen LogP contribution >= 0.6 is 27.7 Å². The number of methoxy groups -OCH3 is 1. The quantitative estimate of drug-likeness (QED) is 0.644. The van der Waals surface area contributed by atoms with Crippen LogP contribution in [0.5, 0.6) is 5.75 Å². The lowest BCUT2D eigenvalue weighted by atomic mass is 10.1. The lowest BCUT2D eigenvalue weighted by Gasteiger charge is -2.15. The Kier molecular flexibility index (Phi) is 9.35. The van der Waals surface area contributed by atoms with Crippen LogP contribution in [0.3, 0.4) is 0 Å². The van der Waals surface area contributed by atoms with Crippen molar-refractivity contribution in [2.75, 3.05) is 38.9 Å². The highest BCUT2D eigenvalue weighted by Crippen LogP contribution is 2.28. The van der Waals surface area contributed by atoms with Gasteiger partial charge in [-0.1, -0.05) is 15.9 Å². The average molecular weight is 362 g/mol. The second-order valence-electron chi connectivity index (χ2n) is 4.58. The number of hydrogen-bond acceptors (Lipinski definition) is 4. The van der Waals surface area contributed by atoms with Gasteiger partial charge in [-0.3, -0.25) is 0 Å². The Bertz CT molecular complexity index is 402. The van der Waals surface area contributed by atoms with Gasteiger partial charge in [-0.25, -0.2) is 0 Å². The van der Waals surface area contributed by atoms with E-state index >= 15 is 0 Å². The molecule has 0 saturated heterocycles. The van der Waals surface area contributed by atoms with Gasteiger partial charge in [-0.05, 0) is 43.0 Å². The maximum atomic E-state index is 5.98. The maximum absolute atomic E-state index is 5.98. The van der Waals surface area contributed by atoms with E-state index in [2.05, 4.69) is 46.6 Å². The Morgan fingerprint density at radius 3 is 2.80 bits per heavy atom. The minimum Gasteiger partial charge on any atom is -0.493 e. The Hall–Kier alpha value is -0.230. The van der Waals surface area contributed by atoms with E-state index < -0.39 is 0 Å². The number of hydrogen-bond donors (Lipinski definition) is 1. The van der Waals surface area contributed by atoms with Crippen LogP contribution < -0.4 is 10.1 Å². The largest absolute Gasteiger partial charge is 0.493 e. The zero-order valence-electron chi connectivity index (χ0n) is 12.5. The van der Waals surface area contributed by atoms with Crippen LogP contribution in [0.25, 0.3) is 0 Å². The number of benzene rings is 1. The van der Waals surface area contributed by atoms with Crippen molar-refractivity contribution < 1.29 is 9.47 Å². The van der Waals surface area contributed by atoms with Gasteiger partial charge in [-0.2, -0.15) is 11.8 Å². The molecule has 114 valence electrons. The Morgan fingerprint density at radius 1 is 1.30 bits per heavy atom. The minimum absolute atomic E-state index is 0.719. The molecule has 1 N–H and O–H groups in total. The monoisotopic (exact) mass is 361 g/mol. The van der Waals surface area contributed by atoms with Crippen molar-refractivity contribution in [1.82, 2.24) is 5.32 Å². The molecule has 0 spiro atoms. The molecule has 0 amide bonds. The first kappa shape index (κ1) is 17.8. The molecule has 0 aliphatic carbocycles. The van der Waals surface area contributed by atoms with Crippen LogP contribution in [0.15, 0.2) is 16.6 Å². The molecule has 0 radical (unpaired) electrons. The van der Waals surface area contributed by atoms with Crippen LogP contribution in [0.2, 0.25) is 0 Å². The van der Waals surface area contributed by atoms with Gasteiger partial charge in [-0.15, -0.1) is 0 Å². The molecule has 0 unspecified atom stereocenters. The molecule has 1 aromatic carbocycles. The van der Waals surface area contributed by atoms with E-state index in [1.807, 2.05) is 11.8 Å². The molecule has 0 aliphatic rings. The smallest absolute Gasteiger partial charge is 0.126 e. The minimum atomic E-state index is 0.719. The fraction of sp³-hybridized carbons (Fsp3) is 0.600. The molecule has 0 atom stereocenters. The third-order valence-corrected chi connectivity index (χ3v) is 4.01. The lowest BCUT2D eigenvalue weighted by molar-refractivity contribution is 0.199. The zero-order chi connectivity index (χ0) is 14.8. The molecular formula is C15H24BrNO2S. The van der Waals surface area contributed by atoms with E-state index in [0.717, 1.165) is 48.7 Å². The molecule has 1 aromatic rings. The summed E-state index contributed by atoms with van der Waals surface area (Å²) in [6.07, 6.45) is 3.20. The van der Waals surface area contributed by atoms with Crippen molar-refractivity contribution in [1.29, 1.82) is 0 Å². The highest BCUT2D eigenvalue weighted by atomic mass is 79.9. The number of aryl methyl sites for hydroxylation is 1. The van der Waals surface area contributed by atoms with Crippen LogP contribution in [0.1, 0.15) is 17.5 Å². The molecule has 0 fully saturated rings. The van der Waals surface area contributed by atoms with Crippen LogP contribution in [0, 0.1) is 6.92 Å². The lowest BCUT2D eigenvalue weighted by Crippen LogP contribution is -2.19. The third-order valence-electron chi connectivity index (χ3n) is 2.85. The molecule has 20 heavy (non-hydrogen) atoms. The van der Waals surface area contributed by atoms with E-state index in [9.17, 15) is 0 Å². The van der Waals surface area contributed by atoms with E-state index in [4.69, 9.17) is 9.47 Å². The van der Waals surface area contributed by atoms with E-state index in [0.29, 0.717) is 0 Å². The van der Waals surface area contributed by atoms with Crippen molar-refractivity contribution >= 4 is 27.7 Å². The molecule has 1 rings (SSSR count). The van der Waals surface area contributed by atoms with Crippen molar-refractivity contribution in [2.24, 2.45) is 0 Å². The summed E-state index contributed by atoms with van der Waals surface area (Å²) in [4.78, 5) is 0. The van der Waals surface area contributed by atoms with Gasteiger partial charge in [0, 0.05) is 30.2 Å². The molecule has 0 heterocycles. The average Bonchev–Trinajstić information content (AvgIpc) is 2.41. The molecule has 0 aromatic heterocycles. The first-order valence-corrected chi connectivity index (χ1v) is 8.98. The molecule has 3 nitrogen and oxygen atoms in total. The molecule has 0 saturated carbocycles. The predicted octanol–water partition coefficient (Wildman–Crippen LogP) is 3.63. The zero-order valence-corrected chi connectivity index (χ0v) is 14.9. The van der Waals surface area contributed by atoms with Crippen molar-refractivity contribution in [3.8, 4) is 5.75 Å². The van der Waals surface area contributed by atoms with Gasteiger partial charge in [0.25, 0.3) is 0 Å². The Labute approximate surface area is 134 Å². The van der Waals surface area contributed by atoms with Crippen molar-refractivity contribution in [3.63, 3.8) is 0 Å². The fourth-order valence-corrected chi connectivity index (χ4v) is 2.94. The highest BCUT2D eigenvalue weighted by molar-refractivity contribution is 9.10. The Morgan fingerprint density at radius 2 is 2.10 bits per heavy atom. The van der Waals surface area contributed by atoms with Gasteiger partial charge in [0.15, 0.2) is 0 Å². The predicted molar refractivity (Wildman–Crippen MR) is 91.0 cm³/mol. The van der Waals surface area contributed by atoms with Crippen molar-refractivity contribution in [3.05, 3.63) is 27.7 Å². The topological polar surface area (TPSA) is 30.5 Å². The van der Waals surface area contributed by atoms with E-state index in [1.54, 1.807) is 7.11 Å². The van der Waals surface area contributed by atoms with Gasteiger partial charge < -0.3 is 14.8 Å². The van der Waals surface area contributed by atoms with Gasteiger partial charge in [0.1, 0.15) is 5.75 Å². The Balaban J connectivity index is 2.63. The fourth-order valence-electron chi connectivity index (χ4n) is 1.91. The number of halogens is 1. The van der Waals surface area contributed by atoms with E-state index in [1.165, 1.54) is 11.1 Å². The van der Waals surface area contributed by atoms with Gasteiger partial charge in [0.05, 0.1) is 13.2 Å². The number of nitrogens with one attached hydrogen (secondary N) is 1. The summed E-state index contributed by atoms with van der Waals surface area (Å²) in [5, 5.41) is 3.37. The third kappa shape index (κ3) is 6.48. The first-order valence-electron chi connectivity index (χ1n) is 6.79. The van der Waals surface area contributed by atoms with Crippen LogP contribution in [0.4, 0.5) is 0 Å². The standard InChI is InChI=1S/C15H24BrNO2S/c1-12-9-14(16)10-13(11-17-5-7-18-2)15(12)19-6-4-8-20-3/h9-10,17H,4-8,11H2,1-3H3. The SMILES string of the molecule is COCCNCc1cc(Br)cc(C)c1OCCCSC. The number of thioether (sulfide) groups is 1. The summed E-state index contributed by atoms with van der Waals surface area (Å²) in [5.41, 5.74) is 2.36. The summed E-state index contributed by atoms with van der Waals surface area (Å²) in [6, 6.07) is 4.22. The second kappa shape index (κ2) is 10.5. The summed E-state index contributed by atoms with van der Waals surface area (Å²) in [5.74, 6) is 2.15. The summed E-state index contributed by atoms with van der Waals surface area (Å²) >= 11 is 5.40. The second-order valence-corrected chi connectivity index (χ2v) is 6.48. The molecular weight excluding hydrogens is 338 g/mol. The normalized spacial score (nSPS) is 10.8. The first-order chi connectivity index (χ1) is 9.69. The summed E-state index contributed by atoms with van der Waals surface area (Å²) in [7, 11) is 1.71. The summed E-state index contributed by atoms with van der Waals surface area (Å²) in [6.45, 7) is 5.22. The highest BCUT2D eigenvalue weighted by Gasteiger charge is 2.09. The van der Waals surface area contributed by atoms with E-state index in [-0.39, 0.29) is 0 Å². The van der Waals surface area contributed by atoms with Gasteiger partial charge >= 0.3 is 0 Å². The van der Waals surface area contributed by atoms with Gasteiger partial charge in [0.2, 0.25) is 0 Å². The number of ether oxygens (including phenoxy) is 2. The maximum Gasteiger partial charge on any atom is 0.126 e. The van der Waals surface area contributed by atoms with Crippen LogP contribution in [-0.2, 0) is 11.3 Å².